The lowest BCUT2D eigenvalue weighted by Crippen LogP contribution is -2.60. The summed E-state index contributed by atoms with van der Waals surface area (Å²) in [6.45, 7) is 4.97. The van der Waals surface area contributed by atoms with Gasteiger partial charge in [-0.25, -0.2) is 0 Å². The normalized spacial score (nSPS) is 35.0. The van der Waals surface area contributed by atoms with Crippen LogP contribution in [0.5, 0.6) is 0 Å². The highest BCUT2D eigenvalue weighted by Gasteiger charge is 2.42. The largest absolute Gasteiger partial charge is 0.394 e. The molecule has 0 aromatic carbocycles. The Kier molecular flexibility index (Phi) is 5.08. The van der Waals surface area contributed by atoms with Crippen LogP contribution in [-0.4, -0.2) is 23.3 Å². The summed E-state index contributed by atoms with van der Waals surface area (Å²) in [7, 11) is 0. The first kappa shape index (κ1) is 14.3. The van der Waals surface area contributed by atoms with Gasteiger partial charge < -0.3 is 10.4 Å². The molecule has 2 rings (SSSR count). The fourth-order valence-corrected chi connectivity index (χ4v) is 4.31. The Labute approximate surface area is 113 Å². The van der Waals surface area contributed by atoms with Crippen LogP contribution in [0.25, 0.3) is 0 Å². The van der Waals surface area contributed by atoms with Gasteiger partial charge in [-0.1, -0.05) is 46.0 Å². The first-order valence-corrected chi connectivity index (χ1v) is 8.06. The Bertz CT molecular complexity index is 247. The maximum absolute atomic E-state index is 10.0. The van der Waals surface area contributed by atoms with Crippen LogP contribution in [-0.2, 0) is 0 Å². The fourth-order valence-electron chi connectivity index (χ4n) is 4.31. The molecule has 0 amide bonds. The van der Waals surface area contributed by atoms with E-state index in [2.05, 4.69) is 19.2 Å². The Morgan fingerprint density at radius 2 is 1.72 bits per heavy atom. The lowest BCUT2D eigenvalue weighted by Gasteiger charge is -2.48. The van der Waals surface area contributed by atoms with Gasteiger partial charge in [-0.2, -0.15) is 0 Å². The SMILES string of the molecule is CC(C)C1CCCCC1(CO)NC1CCCCC1. The van der Waals surface area contributed by atoms with Gasteiger partial charge in [0.05, 0.1) is 6.61 Å². The summed E-state index contributed by atoms with van der Waals surface area (Å²) in [5.41, 5.74) is 0.0222. The first-order chi connectivity index (χ1) is 8.68. The molecule has 2 N–H and O–H groups in total. The van der Waals surface area contributed by atoms with Crippen LogP contribution >= 0.6 is 0 Å². The van der Waals surface area contributed by atoms with Gasteiger partial charge in [-0.05, 0) is 37.5 Å². The van der Waals surface area contributed by atoms with E-state index in [0.717, 1.165) is 0 Å². The summed E-state index contributed by atoms with van der Waals surface area (Å²) in [5, 5.41) is 13.9. The van der Waals surface area contributed by atoms with Gasteiger partial charge in [-0.3, -0.25) is 0 Å². The van der Waals surface area contributed by atoms with Crippen molar-refractivity contribution in [3.63, 3.8) is 0 Å². The number of hydrogen-bond acceptors (Lipinski definition) is 2. The minimum absolute atomic E-state index is 0.0222. The number of hydrogen-bond donors (Lipinski definition) is 2. The lowest BCUT2D eigenvalue weighted by molar-refractivity contribution is 0.0286. The molecule has 0 radical (unpaired) electrons. The van der Waals surface area contributed by atoms with Gasteiger partial charge >= 0.3 is 0 Å². The van der Waals surface area contributed by atoms with Crippen LogP contribution in [0.2, 0.25) is 0 Å². The van der Waals surface area contributed by atoms with Crippen molar-refractivity contribution >= 4 is 0 Å². The van der Waals surface area contributed by atoms with E-state index >= 15 is 0 Å². The molecule has 2 nitrogen and oxygen atoms in total. The quantitative estimate of drug-likeness (QED) is 0.804. The van der Waals surface area contributed by atoms with E-state index in [9.17, 15) is 5.11 Å². The van der Waals surface area contributed by atoms with E-state index in [1.165, 1.54) is 57.8 Å². The van der Waals surface area contributed by atoms with E-state index in [-0.39, 0.29) is 5.54 Å². The minimum atomic E-state index is 0.0222. The number of rotatable bonds is 4. The van der Waals surface area contributed by atoms with Crippen LogP contribution in [0.4, 0.5) is 0 Å². The predicted molar refractivity (Wildman–Crippen MR) is 76.6 cm³/mol. The molecule has 2 heteroatoms. The molecule has 2 saturated carbocycles. The van der Waals surface area contributed by atoms with Gasteiger partial charge in [0.15, 0.2) is 0 Å². The highest BCUT2D eigenvalue weighted by atomic mass is 16.3. The molecule has 0 aromatic heterocycles. The van der Waals surface area contributed by atoms with Crippen LogP contribution in [0.1, 0.15) is 71.6 Å². The summed E-state index contributed by atoms with van der Waals surface area (Å²) in [5.74, 6) is 1.33. The molecule has 106 valence electrons. The molecule has 0 heterocycles. The molecular formula is C16H31NO. The Hall–Kier alpha value is -0.0800. The molecule has 2 unspecified atom stereocenters. The van der Waals surface area contributed by atoms with Crippen molar-refractivity contribution in [1.82, 2.24) is 5.32 Å². The van der Waals surface area contributed by atoms with Crippen LogP contribution in [0.3, 0.4) is 0 Å². The van der Waals surface area contributed by atoms with Crippen molar-refractivity contribution in [2.75, 3.05) is 6.61 Å². The molecule has 2 aliphatic carbocycles. The average Bonchev–Trinajstić information content (AvgIpc) is 2.40. The number of nitrogens with one attached hydrogen (secondary N) is 1. The summed E-state index contributed by atoms with van der Waals surface area (Å²) in [6, 6.07) is 0.658. The van der Waals surface area contributed by atoms with Gasteiger partial charge in [0.25, 0.3) is 0 Å². The van der Waals surface area contributed by atoms with Crippen LogP contribution in [0, 0.1) is 11.8 Å². The second-order valence-electron chi connectivity index (χ2n) is 6.89. The third kappa shape index (κ3) is 3.08. The molecule has 2 atom stereocenters. The zero-order valence-corrected chi connectivity index (χ0v) is 12.3. The van der Waals surface area contributed by atoms with Crippen molar-refractivity contribution < 1.29 is 5.11 Å². The number of aliphatic hydroxyl groups excluding tert-OH is 1. The zero-order valence-electron chi connectivity index (χ0n) is 12.3. The smallest absolute Gasteiger partial charge is 0.0616 e. The van der Waals surface area contributed by atoms with Gasteiger partial charge in [0.2, 0.25) is 0 Å². The van der Waals surface area contributed by atoms with Crippen molar-refractivity contribution in [3.8, 4) is 0 Å². The third-order valence-electron chi connectivity index (χ3n) is 5.28. The zero-order chi connectivity index (χ0) is 13.0. The molecular weight excluding hydrogens is 222 g/mol. The van der Waals surface area contributed by atoms with Crippen molar-refractivity contribution in [2.24, 2.45) is 11.8 Å². The maximum Gasteiger partial charge on any atom is 0.0616 e. The van der Waals surface area contributed by atoms with Crippen molar-refractivity contribution in [2.45, 2.75) is 83.2 Å². The second-order valence-corrected chi connectivity index (χ2v) is 6.89. The monoisotopic (exact) mass is 253 g/mol. The van der Waals surface area contributed by atoms with Crippen LogP contribution < -0.4 is 5.32 Å². The molecule has 0 bridgehead atoms. The number of aliphatic hydroxyl groups is 1. The molecule has 2 aliphatic rings. The first-order valence-electron chi connectivity index (χ1n) is 8.06. The topological polar surface area (TPSA) is 32.3 Å². The van der Waals surface area contributed by atoms with Crippen molar-refractivity contribution in [1.29, 1.82) is 0 Å². The van der Waals surface area contributed by atoms with Crippen LogP contribution in [0.15, 0.2) is 0 Å². The predicted octanol–water partition coefficient (Wildman–Crippen LogP) is 3.49. The summed E-state index contributed by atoms with van der Waals surface area (Å²) in [6.07, 6.45) is 11.8. The van der Waals surface area contributed by atoms with E-state index in [0.29, 0.717) is 24.5 Å². The molecule has 0 aromatic rings. The molecule has 0 saturated heterocycles. The van der Waals surface area contributed by atoms with Gasteiger partial charge in [0.1, 0.15) is 0 Å². The van der Waals surface area contributed by atoms with Gasteiger partial charge in [0, 0.05) is 11.6 Å². The maximum atomic E-state index is 10.0. The Morgan fingerprint density at radius 1 is 1.06 bits per heavy atom. The van der Waals surface area contributed by atoms with Crippen molar-refractivity contribution in [3.05, 3.63) is 0 Å². The minimum Gasteiger partial charge on any atom is -0.394 e. The molecule has 0 aliphatic heterocycles. The third-order valence-corrected chi connectivity index (χ3v) is 5.28. The highest BCUT2D eigenvalue weighted by Crippen LogP contribution is 2.39. The highest BCUT2D eigenvalue weighted by molar-refractivity contribution is 5.00. The van der Waals surface area contributed by atoms with Gasteiger partial charge in [-0.15, -0.1) is 0 Å². The van der Waals surface area contributed by atoms with E-state index in [1.54, 1.807) is 0 Å². The molecule has 0 spiro atoms. The summed E-state index contributed by atoms with van der Waals surface area (Å²) >= 11 is 0. The lowest BCUT2D eigenvalue weighted by atomic mass is 9.67. The van der Waals surface area contributed by atoms with E-state index in [4.69, 9.17) is 0 Å². The second kappa shape index (κ2) is 6.38. The summed E-state index contributed by atoms with van der Waals surface area (Å²) in [4.78, 5) is 0. The standard InChI is InChI=1S/C16H31NO/c1-13(2)15-10-6-7-11-16(15,12-18)17-14-8-4-3-5-9-14/h13-15,17-18H,3-12H2,1-2H3. The average molecular weight is 253 g/mol. The molecule has 18 heavy (non-hydrogen) atoms. The fraction of sp³-hybridized carbons (Fsp3) is 1.00. The Morgan fingerprint density at radius 3 is 2.33 bits per heavy atom. The molecule has 2 fully saturated rings. The Balaban J connectivity index is 2.05. The summed E-state index contributed by atoms with van der Waals surface area (Å²) < 4.78 is 0. The van der Waals surface area contributed by atoms with E-state index < -0.39 is 0 Å². The van der Waals surface area contributed by atoms with E-state index in [1.807, 2.05) is 0 Å².